The highest BCUT2D eigenvalue weighted by Crippen LogP contribution is 2.43. The Morgan fingerprint density at radius 1 is 1.02 bits per heavy atom. The van der Waals surface area contributed by atoms with Crippen molar-refractivity contribution in [3.8, 4) is 11.5 Å². The number of nitrogens with zero attached hydrogens (tertiary/aromatic N) is 5. The molecule has 0 spiro atoms. The minimum absolute atomic E-state index is 0.0249. The van der Waals surface area contributed by atoms with Crippen molar-refractivity contribution in [3.05, 3.63) is 117 Å². The van der Waals surface area contributed by atoms with Crippen LogP contribution in [0.15, 0.2) is 95.7 Å². The molecular weight excluding hydrogens is 856 g/mol. The highest BCUT2D eigenvalue weighted by molar-refractivity contribution is 7.90. The number of anilines is 2. The predicted octanol–water partition coefficient (Wildman–Crippen LogP) is 8.10. The van der Waals surface area contributed by atoms with E-state index in [4.69, 9.17) is 21.1 Å². The molecule has 3 fully saturated rings. The van der Waals surface area contributed by atoms with Crippen molar-refractivity contribution in [3.63, 3.8) is 0 Å². The van der Waals surface area contributed by atoms with Crippen LogP contribution in [0.1, 0.15) is 61.9 Å². The van der Waals surface area contributed by atoms with Gasteiger partial charge >= 0.3 is 0 Å². The number of rotatable bonds is 13. The number of H-pyrrole nitrogens is 1. The van der Waals surface area contributed by atoms with Gasteiger partial charge in [0.25, 0.3) is 21.6 Å². The van der Waals surface area contributed by atoms with Crippen molar-refractivity contribution in [2.75, 3.05) is 69.2 Å². The van der Waals surface area contributed by atoms with Gasteiger partial charge in [-0.15, -0.1) is 0 Å². The summed E-state index contributed by atoms with van der Waals surface area (Å²) in [6.07, 6.45) is 8.39. The Hall–Kier alpha value is -5.52. The number of nitro benzene ring substituents is 1. The standard InChI is InChI=1S/C47H53ClN8O7S/c1-47(2)15-11-33(41(26-47)31-3-5-34(48)6-4-31)28-53-17-19-54(20-18-53)37-7-9-40(44(24-37)63-38-23-32-12-16-49-45(32)50-27-38)46(57)52-64(60,61)39-8-10-42(43(25-39)56(58)59)51-35-29-55(30-35)36-13-21-62-22-14-36/h3-10,12,16,23-25,27,35-36,51H,11,13-15,17-22,26,28-30H2,1-2H3,(H,49,50)(H,52,57). The summed E-state index contributed by atoms with van der Waals surface area (Å²) in [5.74, 6) is -0.463. The average Bonchev–Trinajstić information content (AvgIpc) is 3.74. The van der Waals surface area contributed by atoms with E-state index >= 15 is 0 Å². The summed E-state index contributed by atoms with van der Waals surface area (Å²) in [4.78, 5) is 39.7. The van der Waals surface area contributed by atoms with E-state index in [1.165, 1.54) is 35.0 Å². The van der Waals surface area contributed by atoms with Gasteiger partial charge in [-0.25, -0.2) is 18.1 Å². The van der Waals surface area contributed by atoms with Crippen LogP contribution in [0.4, 0.5) is 17.1 Å². The topological polar surface area (TPSA) is 175 Å². The Labute approximate surface area is 378 Å². The molecule has 1 aliphatic carbocycles. The molecule has 0 bridgehead atoms. The van der Waals surface area contributed by atoms with Gasteiger partial charge in [0.05, 0.1) is 27.6 Å². The Morgan fingerprint density at radius 3 is 2.53 bits per heavy atom. The van der Waals surface area contributed by atoms with Gasteiger partial charge in [0.2, 0.25) is 0 Å². The number of carbonyl (C=O) groups excluding carboxylic acids is 1. The van der Waals surface area contributed by atoms with E-state index in [0.29, 0.717) is 17.4 Å². The summed E-state index contributed by atoms with van der Waals surface area (Å²) >= 11 is 6.25. The maximum Gasteiger partial charge on any atom is 0.293 e. The minimum Gasteiger partial charge on any atom is -0.455 e. The van der Waals surface area contributed by atoms with Gasteiger partial charge in [-0.3, -0.25) is 24.7 Å². The first kappa shape index (κ1) is 43.7. The largest absolute Gasteiger partial charge is 0.455 e. The fourth-order valence-electron chi connectivity index (χ4n) is 9.34. The number of aromatic amines is 1. The van der Waals surface area contributed by atoms with E-state index < -0.39 is 31.4 Å². The molecule has 5 heterocycles. The number of benzene rings is 3. The van der Waals surface area contributed by atoms with Crippen LogP contribution in [-0.4, -0.2) is 110 Å². The number of allylic oxidation sites excluding steroid dienone is 1. The van der Waals surface area contributed by atoms with Crippen molar-refractivity contribution in [1.82, 2.24) is 24.5 Å². The van der Waals surface area contributed by atoms with E-state index in [0.717, 1.165) is 113 Å². The second-order valence-corrected chi connectivity index (χ2v) is 20.2. The number of carbonyl (C=O) groups is 1. The third kappa shape index (κ3) is 9.76. The van der Waals surface area contributed by atoms with Crippen LogP contribution in [0.5, 0.6) is 11.5 Å². The zero-order chi connectivity index (χ0) is 44.6. The second-order valence-electron chi connectivity index (χ2n) is 18.1. The van der Waals surface area contributed by atoms with Crippen LogP contribution in [-0.2, 0) is 14.8 Å². The second kappa shape index (κ2) is 18.2. The number of fused-ring (bicyclic) bond motifs is 1. The molecule has 64 heavy (non-hydrogen) atoms. The van der Waals surface area contributed by atoms with Gasteiger partial charge in [0.1, 0.15) is 22.8 Å². The maximum absolute atomic E-state index is 14.0. The molecule has 3 saturated heterocycles. The summed E-state index contributed by atoms with van der Waals surface area (Å²) in [6, 6.07) is 20.9. The minimum atomic E-state index is -4.56. The number of likely N-dealkylation sites (tertiary alicyclic amines) is 1. The first-order valence-electron chi connectivity index (χ1n) is 21.9. The summed E-state index contributed by atoms with van der Waals surface area (Å²) in [5.41, 5.74) is 5.59. The van der Waals surface area contributed by atoms with E-state index in [2.05, 4.69) is 60.7 Å². The molecule has 0 atom stereocenters. The number of sulfonamides is 1. The van der Waals surface area contributed by atoms with Crippen LogP contribution >= 0.6 is 11.6 Å². The van der Waals surface area contributed by atoms with Crippen LogP contribution in [0.3, 0.4) is 0 Å². The van der Waals surface area contributed by atoms with Gasteiger partial charge in [0.15, 0.2) is 0 Å². The first-order chi connectivity index (χ1) is 30.8. The summed E-state index contributed by atoms with van der Waals surface area (Å²) < 4.78 is 41.5. The molecule has 2 aromatic heterocycles. The number of halogens is 1. The number of hydrogen-bond acceptors (Lipinski definition) is 12. The molecule has 3 N–H and O–H groups in total. The lowest BCUT2D eigenvalue weighted by Gasteiger charge is -2.46. The van der Waals surface area contributed by atoms with E-state index in [1.807, 2.05) is 18.2 Å². The molecule has 3 aromatic carbocycles. The Kier molecular flexibility index (Phi) is 12.4. The Morgan fingerprint density at radius 2 is 1.78 bits per heavy atom. The first-order valence-corrected chi connectivity index (χ1v) is 23.8. The van der Waals surface area contributed by atoms with Crippen molar-refractivity contribution in [1.29, 1.82) is 0 Å². The maximum atomic E-state index is 14.0. The lowest BCUT2D eigenvalue weighted by molar-refractivity contribution is -0.384. The number of pyridine rings is 1. The normalized spacial score (nSPS) is 19.1. The van der Waals surface area contributed by atoms with Crippen LogP contribution in [0.2, 0.25) is 5.02 Å². The predicted molar refractivity (Wildman–Crippen MR) is 248 cm³/mol. The molecule has 17 heteroatoms. The zero-order valence-electron chi connectivity index (χ0n) is 36.0. The number of nitro groups is 1. The highest BCUT2D eigenvalue weighted by Gasteiger charge is 2.35. The fourth-order valence-corrected chi connectivity index (χ4v) is 10.5. The quantitative estimate of drug-likeness (QED) is 0.0766. The smallest absolute Gasteiger partial charge is 0.293 e. The van der Waals surface area contributed by atoms with Gasteiger partial charge in [-0.2, -0.15) is 0 Å². The molecule has 336 valence electrons. The van der Waals surface area contributed by atoms with Gasteiger partial charge in [-0.1, -0.05) is 43.2 Å². The van der Waals surface area contributed by atoms with Gasteiger partial charge < -0.3 is 24.7 Å². The van der Waals surface area contributed by atoms with Gasteiger partial charge in [-0.05, 0) is 97.2 Å². The summed E-state index contributed by atoms with van der Waals surface area (Å²) in [7, 11) is -4.56. The third-order valence-corrected chi connectivity index (χ3v) is 14.6. The van der Waals surface area contributed by atoms with Crippen molar-refractivity contribution >= 4 is 61.2 Å². The Bertz CT molecular complexity index is 2690. The van der Waals surface area contributed by atoms with Crippen LogP contribution in [0, 0.1) is 15.5 Å². The number of ether oxygens (including phenoxy) is 2. The lowest BCUT2D eigenvalue weighted by Crippen LogP contribution is -2.59. The molecule has 3 aliphatic heterocycles. The Balaban J connectivity index is 0.911. The molecule has 9 rings (SSSR count). The number of nitrogens with one attached hydrogen (secondary N) is 3. The molecular formula is C47H53ClN8O7S. The highest BCUT2D eigenvalue weighted by atomic mass is 35.5. The number of hydrogen-bond donors (Lipinski definition) is 3. The SMILES string of the molecule is CC1(C)CCC(CN2CCN(c3ccc(C(=O)NS(=O)(=O)c4ccc(NC5CN(C6CCOCC6)C5)c([N+](=O)[O-])c4)c(Oc4cnc5[nH]ccc5c4)c3)CC2)=C(c2ccc(Cl)cc2)C1. The molecule has 4 aliphatic rings. The monoisotopic (exact) mass is 908 g/mol. The van der Waals surface area contributed by atoms with E-state index in [9.17, 15) is 23.3 Å². The van der Waals surface area contributed by atoms with Crippen LogP contribution in [0.25, 0.3) is 16.6 Å². The fraction of sp³-hybridized carbons (Fsp3) is 0.404. The zero-order valence-corrected chi connectivity index (χ0v) is 37.6. The van der Waals surface area contributed by atoms with Crippen LogP contribution < -0.4 is 19.7 Å². The van der Waals surface area contributed by atoms with Crippen molar-refractivity contribution in [2.45, 2.75) is 62.9 Å². The lowest BCUT2D eigenvalue weighted by atomic mass is 9.72. The molecule has 1 amide bonds. The summed E-state index contributed by atoms with van der Waals surface area (Å²) in [5, 5.41) is 17.0. The molecule has 15 nitrogen and oxygen atoms in total. The number of piperazine rings is 1. The number of amides is 1. The van der Waals surface area contributed by atoms with Gasteiger partial charge in [0, 0.05) is 99.5 Å². The molecule has 0 unspecified atom stereocenters. The molecule has 0 saturated carbocycles. The van der Waals surface area contributed by atoms with E-state index in [-0.39, 0.29) is 28.5 Å². The van der Waals surface area contributed by atoms with Crippen molar-refractivity contribution < 1.29 is 27.6 Å². The third-order valence-electron chi connectivity index (χ3n) is 13.0. The molecule has 0 radical (unpaired) electrons. The number of aromatic nitrogens is 2. The summed E-state index contributed by atoms with van der Waals surface area (Å²) in [6.45, 7) is 11.5. The average molecular weight is 910 g/mol. The van der Waals surface area contributed by atoms with E-state index in [1.54, 1.807) is 30.5 Å². The molecule has 5 aromatic rings. The van der Waals surface area contributed by atoms with Crippen molar-refractivity contribution in [2.24, 2.45) is 5.41 Å².